The number of aromatic nitrogens is 2. The van der Waals surface area contributed by atoms with Gasteiger partial charge in [0.1, 0.15) is 6.54 Å². The van der Waals surface area contributed by atoms with E-state index in [0.717, 1.165) is 30.4 Å². The molecule has 3 rings (SSSR count). The maximum atomic E-state index is 12.3. The Kier molecular flexibility index (Phi) is 6.57. The van der Waals surface area contributed by atoms with Gasteiger partial charge >= 0.3 is 5.97 Å². The molecule has 7 nitrogen and oxygen atoms in total. The van der Waals surface area contributed by atoms with Crippen molar-refractivity contribution in [3.8, 4) is 0 Å². The Morgan fingerprint density at radius 1 is 1.11 bits per heavy atom. The zero-order valence-corrected chi connectivity index (χ0v) is 15.4. The summed E-state index contributed by atoms with van der Waals surface area (Å²) in [7, 11) is 0. The third-order valence-corrected chi connectivity index (χ3v) is 4.88. The van der Waals surface area contributed by atoms with Crippen molar-refractivity contribution in [1.29, 1.82) is 0 Å². The Balaban J connectivity index is 1.50. The van der Waals surface area contributed by atoms with Crippen LogP contribution in [0, 0.1) is 0 Å². The number of amides is 1. The molecule has 1 heterocycles. The molecule has 1 fully saturated rings. The van der Waals surface area contributed by atoms with E-state index in [1.165, 1.54) is 25.5 Å². The Morgan fingerprint density at radius 3 is 2.59 bits per heavy atom. The van der Waals surface area contributed by atoms with Gasteiger partial charge < -0.3 is 10.1 Å². The first-order valence-corrected chi connectivity index (χ1v) is 9.53. The molecule has 1 aliphatic rings. The molecule has 7 heteroatoms. The molecule has 27 heavy (non-hydrogen) atoms. The zero-order chi connectivity index (χ0) is 19.1. The molecule has 0 spiro atoms. The minimum Gasteiger partial charge on any atom is -0.454 e. The summed E-state index contributed by atoms with van der Waals surface area (Å²) in [5.41, 5.74) is -0.357. The first-order valence-electron chi connectivity index (χ1n) is 9.53. The fourth-order valence-corrected chi connectivity index (χ4v) is 3.42. The number of carbonyl (C=O) groups excluding carboxylic acids is 2. The number of benzene rings is 1. The average Bonchev–Trinajstić information content (AvgIpc) is 2.65. The lowest BCUT2D eigenvalue weighted by molar-refractivity contribution is -0.149. The Morgan fingerprint density at radius 2 is 1.81 bits per heavy atom. The van der Waals surface area contributed by atoms with Crippen molar-refractivity contribution in [2.75, 3.05) is 6.61 Å². The van der Waals surface area contributed by atoms with Crippen LogP contribution in [-0.2, 0) is 20.9 Å². The topological polar surface area (TPSA) is 90.3 Å². The predicted octanol–water partition coefficient (Wildman–Crippen LogP) is 2.17. The number of nitrogens with zero attached hydrogens (tertiary/aromatic N) is 2. The van der Waals surface area contributed by atoms with Gasteiger partial charge in [0, 0.05) is 11.4 Å². The molecule has 1 aliphatic carbocycles. The molecule has 0 saturated heterocycles. The summed E-state index contributed by atoms with van der Waals surface area (Å²) in [5, 5.41) is 8.13. The molecule has 0 atom stereocenters. The summed E-state index contributed by atoms with van der Waals surface area (Å²) in [5.74, 6) is -0.958. The second kappa shape index (κ2) is 9.30. The second-order valence-electron chi connectivity index (χ2n) is 6.96. The molecule has 144 valence electrons. The number of rotatable bonds is 5. The molecule has 1 saturated carbocycles. The van der Waals surface area contributed by atoms with Crippen molar-refractivity contribution in [3.05, 3.63) is 40.8 Å². The average molecular weight is 371 g/mol. The van der Waals surface area contributed by atoms with E-state index >= 15 is 0 Å². The van der Waals surface area contributed by atoms with E-state index < -0.39 is 5.97 Å². The molecule has 1 aromatic heterocycles. The van der Waals surface area contributed by atoms with Crippen LogP contribution in [0.25, 0.3) is 10.8 Å². The Labute approximate surface area is 157 Å². The zero-order valence-electron chi connectivity index (χ0n) is 15.4. The maximum Gasteiger partial charge on any atom is 0.328 e. The van der Waals surface area contributed by atoms with E-state index in [4.69, 9.17) is 4.74 Å². The van der Waals surface area contributed by atoms with Gasteiger partial charge in [0.05, 0.1) is 11.6 Å². The van der Waals surface area contributed by atoms with E-state index in [0.29, 0.717) is 10.8 Å². The van der Waals surface area contributed by atoms with E-state index in [1.807, 2.05) is 6.07 Å². The van der Waals surface area contributed by atoms with Crippen LogP contribution in [0.2, 0.25) is 0 Å². The molecule has 1 N–H and O–H groups in total. The van der Waals surface area contributed by atoms with Gasteiger partial charge in [-0.15, -0.1) is 0 Å². The van der Waals surface area contributed by atoms with E-state index in [2.05, 4.69) is 10.4 Å². The van der Waals surface area contributed by atoms with Gasteiger partial charge in [0.25, 0.3) is 11.5 Å². The quantitative estimate of drug-likeness (QED) is 0.814. The fraction of sp³-hybridized carbons (Fsp3) is 0.500. The first-order chi connectivity index (χ1) is 13.1. The maximum absolute atomic E-state index is 12.3. The Hall–Kier alpha value is -2.70. The summed E-state index contributed by atoms with van der Waals surface area (Å²) in [6.45, 7) is -0.655. The van der Waals surface area contributed by atoms with Gasteiger partial charge in [-0.2, -0.15) is 5.10 Å². The summed E-state index contributed by atoms with van der Waals surface area (Å²) in [6, 6.07) is 7.19. The number of ether oxygens (including phenoxy) is 1. The third-order valence-electron chi connectivity index (χ3n) is 4.88. The molecular weight excluding hydrogens is 346 g/mol. The highest BCUT2D eigenvalue weighted by molar-refractivity contribution is 5.82. The summed E-state index contributed by atoms with van der Waals surface area (Å²) >= 11 is 0. The summed E-state index contributed by atoms with van der Waals surface area (Å²) in [6.07, 6.45) is 9.37. The molecule has 0 bridgehead atoms. The van der Waals surface area contributed by atoms with Crippen LogP contribution in [0.3, 0.4) is 0 Å². The second-order valence-corrected chi connectivity index (χ2v) is 6.96. The van der Waals surface area contributed by atoms with Crippen molar-refractivity contribution in [3.63, 3.8) is 0 Å². The number of fused-ring (bicyclic) bond motifs is 1. The highest BCUT2D eigenvalue weighted by Gasteiger charge is 2.16. The number of nitrogens with one attached hydrogen (secondary N) is 1. The SMILES string of the molecule is O=C(COC(=O)Cn1ncc2ccccc2c1=O)NC1CCCCCCC1. The standard InChI is InChI=1S/C20H25N3O4/c24-18(22-16-9-4-2-1-3-5-10-16)14-27-19(25)13-23-20(26)17-11-7-6-8-15(17)12-21-23/h6-8,11-12,16H,1-5,9-10,13-14H2,(H,22,24). The summed E-state index contributed by atoms with van der Waals surface area (Å²) < 4.78 is 6.07. The third kappa shape index (κ3) is 5.39. The monoisotopic (exact) mass is 371 g/mol. The van der Waals surface area contributed by atoms with Crippen LogP contribution >= 0.6 is 0 Å². The van der Waals surface area contributed by atoms with Gasteiger partial charge in [0.2, 0.25) is 0 Å². The highest BCUT2D eigenvalue weighted by Crippen LogP contribution is 2.17. The highest BCUT2D eigenvalue weighted by atomic mass is 16.5. The smallest absolute Gasteiger partial charge is 0.328 e. The molecule has 0 aliphatic heterocycles. The molecule has 1 amide bonds. The number of hydrogen-bond donors (Lipinski definition) is 1. The lowest BCUT2D eigenvalue weighted by Crippen LogP contribution is -2.38. The van der Waals surface area contributed by atoms with Crippen LogP contribution in [0.1, 0.15) is 44.9 Å². The van der Waals surface area contributed by atoms with Gasteiger partial charge in [0.15, 0.2) is 6.61 Å². The van der Waals surface area contributed by atoms with Crippen molar-refractivity contribution in [1.82, 2.24) is 15.1 Å². The molecule has 0 unspecified atom stereocenters. The van der Waals surface area contributed by atoms with Crippen molar-refractivity contribution < 1.29 is 14.3 Å². The summed E-state index contributed by atoms with van der Waals surface area (Å²) in [4.78, 5) is 36.4. The van der Waals surface area contributed by atoms with Crippen LogP contribution in [0.15, 0.2) is 35.3 Å². The van der Waals surface area contributed by atoms with Gasteiger partial charge in [-0.25, -0.2) is 4.68 Å². The van der Waals surface area contributed by atoms with Gasteiger partial charge in [-0.3, -0.25) is 14.4 Å². The predicted molar refractivity (Wildman–Crippen MR) is 101 cm³/mol. The van der Waals surface area contributed by atoms with Crippen LogP contribution in [0.5, 0.6) is 0 Å². The van der Waals surface area contributed by atoms with Gasteiger partial charge in [-0.05, 0) is 18.9 Å². The van der Waals surface area contributed by atoms with Crippen LogP contribution in [0.4, 0.5) is 0 Å². The minimum atomic E-state index is -0.660. The minimum absolute atomic E-state index is 0.154. The van der Waals surface area contributed by atoms with Gasteiger partial charge in [-0.1, -0.05) is 50.3 Å². The van der Waals surface area contributed by atoms with E-state index in [1.54, 1.807) is 18.2 Å². The lowest BCUT2D eigenvalue weighted by atomic mass is 9.97. The number of carbonyl (C=O) groups is 2. The fourth-order valence-electron chi connectivity index (χ4n) is 3.42. The molecule has 0 radical (unpaired) electrons. The Bertz CT molecular complexity index is 854. The number of hydrogen-bond acceptors (Lipinski definition) is 5. The van der Waals surface area contributed by atoms with Crippen molar-refractivity contribution in [2.24, 2.45) is 0 Å². The van der Waals surface area contributed by atoms with Crippen LogP contribution in [-0.4, -0.2) is 34.3 Å². The van der Waals surface area contributed by atoms with E-state index in [-0.39, 0.29) is 30.7 Å². The number of esters is 1. The van der Waals surface area contributed by atoms with Crippen LogP contribution < -0.4 is 10.9 Å². The van der Waals surface area contributed by atoms with E-state index in [9.17, 15) is 14.4 Å². The normalized spacial score (nSPS) is 15.7. The first kappa shape index (κ1) is 19.1. The molecule has 2 aromatic rings. The van der Waals surface area contributed by atoms with Crippen molar-refractivity contribution in [2.45, 2.75) is 57.5 Å². The lowest BCUT2D eigenvalue weighted by Gasteiger charge is -2.20. The molecular formula is C20H25N3O4. The van der Waals surface area contributed by atoms with Crippen molar-refractivity contribution >= 4 is 22.6 Å². The largest absolute Gasteiger partial charge is 0.454 e. The molecule has 1 aromatic carbocycles.